The first-order chi connectivity index (χ1) is 28.4. The van der Waals surface area contributed by atoms with Crippen LogP contribution in [0.3, 0.4) is 0 Å². The van der Waals surface area contributed by atoms with Crippen LogP contribution in [0.15, 0.2) is 82.7 Å². The van der Waals surface area contributed by atoms with E-state index in [1.165, 1.54) is 48.5 Å². The molecule has 1 unspecified atom stereocenters. The molecule has 0 spiro atoms. The van der Waals surface area contributed by atoms with Gasteiger partial charge < -0.3 is 14.4 Å². The zero-order valence-corrected chi connectivity index (χ0v) is 26.7. The predicted octanol–water partition coefficient (Wildman–Crippen LogP) is 7.78. The van der Waals surface area contributed by atoms with Gasteiger partial charge in [-0.3, -0.25) is 9.59 Å². The van der Waals surface area contributed by atoms with Crippen LogP contribution < -0.4 is 5.56 Å². The zero-order chi connectivity index (χ0) is 47.9. The summed E-state index contributed by atoms with van der Waals surface area (Å²) in [6.07, 6.45) is -14.9. The van der Waals surface area contributed by atoms with Crippen molar-refractivity contribution in [2.75, 3.05) is 26.0 Å². The summed E-state index contributed by atoms with van der Waals surface area (Å²) in [6.45, 7) is -12.9. The van der Waals surface area contributed by atoms with Gasteiger partial charge in [-0.1, -0.05) is 74.1 Å². The molecular weight excluding hydrogens is 640 g/mol. The molecule has 0 saturated heterocycles. The Morgan fingerprint density at radius 2 is 1.62 bits per heavy atom. The lowest BCUT2D eigenvalue weighted by Gasteiger charge is -2.33. The van der Waals surface area contributed by atoms with Gasteiger partial charge in [-0.15, -0.1) is 0 Å². The zero-order valence-electron chi connectivity index (χ0n) is 40.9. The molecule has 1 aliphatic rings. The maximum absolute atomic E-state index is 15.0. The molecule has 4 aromatic rings. The highest BCUT2D eigenvalue weighted by molar-refractivity contribution is 7.98. The number of rotatable bonds is 13. The van der Waals surface area contributed by atoms with Crippen LogP contribution in [0.5, 0.6) is 0 Å². The van der Waals surface area contributed by atoms with Crippen LogP contribution in [0.4, 0.5) is 17.6 Å². The quantitative estimate of drug-likeness (QED) is 0.0813. The van der Waals surface area contributed by atoms with Gasteiger partial charge in [0.15, 0.2) is 5.16 Å². The smallest absolute Gasteiger partial charge is 0.333 e. The van der Waals surface area contributed by atoms with Gasteiger partial charge in [-0.2, -0.15) is 18.2 Å². The molecule has 0 fully saturated rings. The number of carbonyl (C=O) groups excluding carboxylic acids is 1. The average Bonchev–Trinajstić information content (AvgIpc) is 3.24. The van der Waals surface area contributed by atoms with Crippen molar-refractivity contribution in [1.29, 1.82) is 0 Å². The third kappa shape index (κ3) is 8.36. The van der Waals surface area contributed by atoms with Crippen molar-refractivity contribution in [2.24, 2.45) is 0 Å². The fourth-order valence-corrected chi connectivity index (χ4v) is 5.61. The van der Waals surface area contributed by atoms with Crippen LogP contribution >= 0.6 is 11.8 Å². The van der Waals surface area contributed by atoms with Gasteiger partial charge in [0.1, 0.15) is 12.4 Å². The van der Waals surface area contributed by atoms with E-state index >= 15 is 4.79 Å². The Morgan fingerprint density at radius 1 is 1.00 bits per heavy atom. The third-order valence-corrected chi connectivity index (χ3v) is 8.29. The fraction of sp³-hybridized carbons (Fsp3) is 0.378. The molecule has 5 rings (SSSR count). The Morgan fingerprint density at radius 3 is 2.23 bits per heavy atom. The first-order valence-corrected chi connectivity index (χ1v) is 15.4. The molecule has 0 bridgehead atoms. The minimum absolute atomic E-state index is 0.00958. The molecule has 254 valence electrons. The number of carbonyl (C=O) groups is 1. The van der Waals surface area contributed by atoms with E-state index in [0.29, 0.717) is 21.9 Å². The van der Waals surface area contributed by atoms with Crippen molar-refractivity contribution in [2.45, 2.75) is 69.5 Å². The molecule has 1 atom stereocenters. The Hall–Kier alpha value is -3.96. The number of halogens is 4. The minimum atomic E-state index is -4.63. The van der Waals surface area contributed by atoms with Crippen molar-refractivity contribution in [1.82, 2.24) is 19.4 Å². The molecule has 11 heteroatoms. The molecule has 0 radical (unpaired) electrons. The summed E-state index contributed by atoms with van der Waals surface area (Å²) in [5, 5.41) is -0.554. The summed E-state index contributed by atoms with van der Waals surface area (Å²) >= 11 is 0.634. The summed E-state index contributed by atoms with van der Waals surface area (Å²) in [4.78, 5) is 32.3. The van der Waals surface area contributed by atoms with E-state index < -0.39 is 103 Å². The molecular formula is C37H40F4N4O2S. The Bertz CT molecular complexity index is 2410. The lowest BCUT2D eigenvalue weighted by Crippen LogP contribution is -2.42. The summed E-state index contributed by atoms with van der Waals surface area (Å²) in [6, 6.07) is 11.0. The van der Waals surface area contributed by atoms with Gasteiger partial charge in [0.25, 0.3) is 5.56 Å². The Kier molecular flexibility index (Phi) is 6.63. The molecule has 0 N–H and O–H groups in total. The second kappa shape index (κ2) is 15.5. The average molecular weight is 696 g/mol. The molecule has 3 aromatic carbocycles. The third-order valence-electron chi connectivity index (χ3n) is 7.25. The maximum Gasteiger partial charge on any atom is 0.416 e. The lowest BCUT2D eigenvalue weighted by molar-refractivity contribution is -0.137. The van der Waals surface area contributed by atoms with Gasteiger partial charge in [-0.25, -0.2) is 4.39 Å². The van der Waals surface area contributed by atoms with Gasteiger partial charge >= 0.3 is 6.18 Å². The molecule has 1 aromatic heterocycles. The van der Waals surface area contributed by atoms with E-state index in [0.717, 1.165) is 45.0 Å². The van der Waals surface area contributed by atoms with Gasteiger partial charge in [0, 0.05) is 46.5 Å². The first-order valence-electron chi connectivity index (χ1n) is 21.9. The van der Waals surface area contributed by atoms with Crippen LogP contribution in [-0.2, 0) is 36.0 Å². The van der Waals surface area contributed by atoms with Crippen molar-refractivity contribution in [3.8, 4) is 11.1 Å². The highest BCUT2D eigenvalue weighted by Crippen LogP contribution is 2.32. The van der Waals surface area contributed by atoms with Crippen molar-refractivity contribution in [3.63, 3.8) is 0 Å². The number of nitrogens with zero attached hydrogens (tertiary/aromatic N) is 4. The van der Waals surface area contributed by atoms with Crippen LogP contribution in [0.1, 0.15) is 81.7 Å². The standard InChI is InChI=1S/C37H40F4N4O2S/c1-4-43(5-2)21-22-44(25(3)27-11-13-28(14-12-27)29-15-17-30(18-16-29)37(39,40)41)34(46)23-45-33-8-6-7-32(33)35(47)42-36(45)48-24-26-9-19-31(38)20-10-26/h9-20,25H,4-8,21-24H2,1-3H3/i4D2,5D2,6D2,7D2,8D2,21D2,22D2,25D. The van der Waals surface area contributed by atoms with Crippen LogP contribution in [0.2, 0.25) is 0 Å². The number of amides is 1. The lowest BCUT2D eigenvalue weighted by atomic mass is 9.99. The molecule has 48 heavy (non-hydrogen) atoms. The van der Waals surface area contributed by atoms with E-state index in [9.17, 15) is 26.5 Å². The van der Waals surface area contributed by atoms with Gasteiger partial charge in [0.2, 0.25) is 5.91 Å². The number of likely N-dealkylation sites (N-methyl/N-ethyl adjacent to an activating group) is 1. The Labute approximate surface area is 303 Å². The number of benzene rings is 3. The highest BCUT2D eigenvalue weighted by Gasteiger charge is 2.30. The second-order valence-corrected chi connectivity index (χ2v) is 11.2. The predicted molar refractivity (Wildman–Crippen MR) is 181 cm³/mol. The monoisotopic (exact) mass is 695 g/mol. The maximum atomic E-state index is 15.0. The largest absolute Gasteiger partial charge is 0.416 e. The van der Waals surface area contributed by atoms with Gasteiger partial charge in [-0.05, 0) is 85.6 Å². The van der Waals surface area contributed by atoms with Gasteiger partial charge in [0.05, 0.1) is 15.7 Å². The second-order valence-electron chi connectivity index (χ2n) is 10.3. The van der Waals surface area contributed by atoms with E-state index in [4.69, 9.17) is 16.4 Å². The van der Waals surface area contributed by atoms with E-state index in [2.05, 4.69) is 4.98 Å². The number of aromatic nitrogens is 2. The first kappa shape index (κ1) is 20.5. The molecule has 1 aliphatic carbocycles. The molecule has 1 amide bonds. The van der Waals surface area contributed by atoms with Crippen molar-refractivity contribution < 1.29 is 42.9 Å². The van der Waals surface area contributed by atoms with Crippen LogP contribution in [0, 0.1) is 5.82 Å². The Balaban J connectivity index is 1.74. The van der Waals surface area contributed by atoms with Crippen molar-refractivity contribution in [3.05, 3.63) is 117 Å². The molecule has 6 nitrogen and oxygen atoms in total. The molecule has 1 heterocycles. The minimum Gasteiger partial charge on any atom is -0.333 e. The van der Waals surface area contributed by atoms with Crippen LogP contribution in [-0.4, -0.2) is 51.2 Å². The molecule has 0 aliphatic heterocycles. The van der Waals surface area contributed by atoms with Crippen LogP contribution in [0.25, 0.3) is 11.1 Å². The highest BCUT2D eigenvalue weighted by atomic mass is 32.2. The van der Waals surface area contributed by atoms with E-state index in [1.54, 1.807) is 0 Å². The van der Waals surface area contributed by atoms with Crippen molar-refractivity contribution >= 4 is 17.7 Å². The summed E-state index contributed by atoms with van der Waals surface area (Å²) < 4.78 is 185. The molecule has 0 saturated carbocycles. The number of hydrogen-bond acceptors (Lipinski definition) is 5. The summed E-state index contributed by atoms with van der Waals surface area (Å²) in [7, 11) is 0. The SMILES string of the molecule is [2H]C([2H])(C)N(C([2H])([2H])C)C([2H])([2H])C([2H])([2H])N(C(=O)Cn1c(SCc2ccc(F)cc2)nc(=O)c2c1C([2H])([2H])C([2H])([2H])C2([2H])[2H])C([2H])(C)c1ccc(-c2ccc(C(F)(F)F)cc2)cc1. The number of fused-ring (bicyclic) bond motifs is 1. The number of hydrogen-bond donors (Lipinski definition) is 0. The number of alkyl halides is 3. The topological polar surface area (TPSA) is 58.4 Å². The normalized spacial score (nSPS) is 23.1. The summed E-state index contributed by atoms with van der Waals surface area (Å²) in [5.41, 5.74) is -3.84. The number of thioether (sulfide) groups is 1. The summed E-state index contributed by atoms with van der Waals surface area (Å²) in [5.74, 6) is -2.41. The van der Waals surface area contributed by atoms with E-state index in [1.807, 2.05) is 0 Å². The van der Waals surface area contributed by atoms with E-state index in [-0.39, 0.29) is 32.2 Å². The fourth-order valence-electron chi connectivity index (χ4n) is 4.66.